The van der Waals surface area contributed by atoms with Gasteiger partial charge in [0, 0.05) is 11.3 Å². The molecule has 2 atom stereocenters. The number of nitrogens with one attached hydrogen (secondary N) is 1. The van der Waals surface area contributed by atoms with Crippen molar-refractivity contribution in [3.05, 3.63) is 5.01 Å². The summed E-state index contributed by atoms with van der Waals surface area (Å²) in [4.78, 5) is 0. The highest BCUT2D eigenvalue weighted by Crippen LogP contribution is 2.39. The van der Waals surface area contributed by atoms with Gasteiger partial charge in [-0.05, 0) is 46.5 Å². The zero-order chi connectivity index (χ0) is 13.9. The van der Waals surface area contributed by atoms with E-state index in [0.717, 1.165) is 35.0 Å². The number of thioether (sulfide) groups is 1. The predicted molar refractivity (Wildman–Crippen MR) is 79.4 cm³/mol. The number of aromatic nitrogens is 2. The molecular formula is C13H20N4S2. The fourth-order valence-corrected chi connectivity index (χ4v) is 5.02. The second-order valence-corrected chi connectivity index (χ2v) is 8.15. The average molecular weight is 296 g/mol. The largest absolute Gasteiger partial charge is 0.297 e. The van der Waals surface area contributed by atoms with Crippen molar-refractivity contribution < 1.29 is 0 Å². The monoisotopic (exact) mass is 296 g/mol. The Balaban J connectivity index is 2.02. The van der Waals surface area contributed by atoms with Crippen molar-refractivity contribution in [1.82, 2.24) is 15.5 Å². The van der Waals surface area contributed by atoms with Gasteiger partial charge < -0.3 is 0 Å². The average Bonchev–Trinajstić information content (AvgIpc) is 2.74. The smallest absolute Gasteiger partial charge is 0.174 e. The Kier molecular flexibility index (Phi) is 4.82. The van der Waals surface area contributed by atoms with Crippen LogP contribution in [-0.4, -0.2) is 27.0 Å². The van der Waals surface area contributed by atoms with Crippen LogP contribution >= 0.6 is 23.1 Å². The number of hydrogen-bond donors (Lipinski definition) is 1. The second kappa shape index (κ2) is 6.21. The van der Waals surface area contributed by atoms with Gasteiger partial charge in [-0.3, -0.25) is 5.32 Å². The first-order valence-corrected chi connectivity index (χ1v) is 8.38. The number of rotatable bonds is 4. The van der Waals surface area contributed by atoms with Crippen molar-refractivity contribution in [2.75, 3.05) is 0 Å². The van der Waals surface area contributed by atoms with E-state index in [0.29, 0.717) is 11.3 Å². The fourth-order valence-electron chi connectivity index (χ4n) is 2.61. The van der Waals surface area contributed by atoms with E-state index in [1.54, 1.807) is 23.1 Å². The molecule has 0 aliphatic heterocycles. The molecule has 1 aliphatic carbocycles. The Labute approximate surface area is 123 Å². The third-order valence-corrected chi connectivity index (χ3v) is 5.45. The van der Waals surface area contributed by atoms with Crippen molar-refractivity contribution in [1.29, 1.82) is 5.26 Å². The molecule has 1 aromatic heterocycles. The summed E-state index contributed by atoms with van der Waals surface area (Å²) in [6.07, 6.45) is 4.11. The van der Waals surface area contributed by atoms with Gasteiger partial charge in [0.15, 0.2) is 4.34 Å². The van der Waals surface area contributed by atoms with Gasteiger partial charge in [-0.2, -0.15) is 5.26 Å². The van der Waals surface area contributed by atoms with Gasteiger partial charge in [0.05, 0.1) is 6.07 Å². The lowest BCUT2D eigenvalue weighted by Gasteiger charge is -2.37. The highest BCUT2D eigenvalue weighted by molar-refractivity contribution is 8.01. The minimum Gasteiger partial charge on any atom is -0.297 e. The fraction of sp³-hybridized carbons (Fsp3) is 0.769. The van der Waals surface area contributed by atoms with Gasteiger partial charge in [0.25, 0.3) is 0 Å². The Bertz CT molecular complexity index is 465. The molecule has 19 heavy (non-hydrogen) atoms. The van der Waals surface area contributed by atoms with Crippen molar-refractivity contribution in [3.63, 3.8) is 0 Å². The molecule has 0 bridgehead atoms. The molecule has 1 aliphatic rings. The molecule has 0 spiro atoms. The van der Waals surface area contributed by atoms with E-state index in [1.165, 1.54) is 0 Å². The molecule has 104 valence electrons. The first-order valence-electron chi connectivity index (χ1n) is 6.69. The molecule has 1 fully saturated rings. The van der Waals surface area contributed by atoms with Gasteiger partial charge in [-0.1, -0.05) is 23.1 Å². The summed E-state index contributed by atoms with van der Waals surface area (Å²) in [6.45, 7) is 6.18. The van der Waals surface area contributed by atoms with E-state index in [9.17, 15) is 5.26 Å². The summed E-state index contributed by atoms with van der Waals surface area (Å²) in [5.41, 5.74) is -0.357. The first kappa shape index (κ1) is 14.8. The van der Waals surface area contributed by atoms with Crippen LogP contribution in [0.2, 0.25) is 0 Å². The van der Waals surface area contributed by atoms with Gasteiger partial charge in [-0.25, -0.2) is 0 Å². The van der Waals surface area contributed by atoms with E-state index in [1.807, 2.05) is 6.92 Å². The van der Waals surface area contributed by atoms with E-state index in [-0.39, 0.29) is 5.54 Å². The van der Waals surface area contributed by atoms with Crippen LogP contribution in [0, 0.1) is 18.3 Å². The van der Waals surface area contributed by atoms with E-state index < -0.39 is 0 Å². The molecule has 2 rings (SSSR count). The zero-order valence-corrected chi connectivity index (χ0v) is 13.3. The standard InChI is InChI=1S/C13H20N4S2/c1-9(2)15-13(8-14)6-4-5-11(7-13)19-12-17-16-10(3)18-12/h9,11,15H,4-7H2,1-3H3. The van der Waals surface area contributed by atoms with Crippen LogP contribution in [0.4, 0.5) is 0 Å². The number of nitriles is 1. The topological polar surface area (TPSA) is 61.6 Å². The highest BCUT2D eigenvalue weighted by Gasteiger charge is 2.37. The summed E-state index contributed by atoms with van der Waals surface area (Å²) < 4.78 is 1.03. The maximum absolute atomic E-state index is 9.53. The number of aryl methyl sites for hydroxylation is 1. The Morgan fingerprint density at radius 2 is 2.32 bits per heavy atom. The van der Waals surface area contributed by atoms with Crippen molar-refractivity contribution >= 4 is 23.1 Å². The first-order chi connectivity index (χ1) is 9.03. The summed E-state index contributed by atoms with van der Waals surface area (Å²) in [5.74, 6) is 0. The molecule has 0 amide bonds. The van der Waals surface area contributed by atoms with Crippen LogP contribution in [0.5, 0.6) is 0 Å². The lowest BCUT2D eigenvalue weighted by atomic mass is 9.82. The molecule has 4 nitrogen and oxygen atoms in total. The highest BCUT2D eigenvalue weighted by atomic mass is 32.2. The van der Waals surface area contributed by atoms with Gasteiger partial charge in [0.2, 0.25) is 0 Å². The third-order valence-electron chi connectivity index (χ3n) is 3.26. The predicted octanol–water partition coefficient (Wildman–Crippen LogP) is 3.14. The molecule has 0 aromatic carbocycles. The minimum atomic E-state index is -0.357. The van der Waals surface area contributed by atoms with Crippen LogP contribution in [0.25, 0.3) is 0 Å². The summed E-state index contributed by atoms with van der Waals surface area (Å²) in [7, 11) is 0. The van der Waals surface area contributed by atoms with Crippen LogP contribution in [0.1, 0.15) is 44.5 Å². The van der Waals surface area contributed by atoms with Gasteiger partial charge in [0.1, 0.15) is 10.5 Å². The Morgan fingerprint density at radius 1 is 1.53 bits per heavy atom. The van der Waals surface area contributed by atoms with Crippen LogP contribution in [-0.2, 0) is 0 Å². The molecule has 1 aromatic rings. The molecule has 0 radical (unpaired) electrons. The lowest BCUT2D eigenvalue weighted by Crippen LogP contribution is -2.51. The minimum absolute atomic E-state index is 0.340. The second-order valence-electron chi connectivity index (χ2n) is 5.42. The molecule has 1 N–H and O–H groups in total. The molecular weight excluding hydrogens is 276 g/mol. The molecule has 0 saturated heterocycles. The molecule has 6 heteroatoms. The maximum atomic E-state index is 9.53. The maximum Gasteiger partial charge on any atom is 0.174 e. The van der Waals surface area contributed by atoms with Gasteiger partial charge in [-0.15, -0.1) is 10.2 Å². The molecule has 2 unspecified atom stereocenters. The molecule has 1 saturated carbocycles. The number of hydrogen-bond acceptors (Lipinski definition) is 6. The van der Waals surface area contributed by atoms with Crippen LogP contribution in [0.3, 0.4) is 0 Å². The van der Waals surface area contributed by atoms with E-state index in [2.05, 4.69) is 35.4 Å². The van der Waals surface area contributed by atoms with E-state index >= 15 is 0 Å². The van der Waals surface area contributed by atoms with Gasteiger partial charge >= 0.3 is 0 Å². The summed E-state index contributed by atoms with van der Waals surface area (Å²) >= 11 is 3.42. The quantitative estimate of drug-likeness (QED) is 0.925. The Hall–Kier alpha value is -0.640. The van der Waals surface area contributed by atoms with Crippen LogP contribution in [0.15, 0.2) is 4.34 Å². The van der Waals surface area contributed by atoms with E-state index in [4.69, 9.17) is 0 Å². The number of nitrogens with zero attached hydrogens (tertiary/aromatic N) is 3. The summed E-state index contributed by atoms with van der Waals surface area (Å²) in [5, 5.41) is 22.7. The normalized spacial score (nSPS) is 27.4. The van der Waals surface area contributed by atoms with Crippen LogP contribution < -0.4 is 5.32 Å². The van der Waals surface area contributed by atoms with Crippen molar-refractivity contribution in [2.24, 2.45) is 0 Å². The third kappa shape index (κ3) is 3.91. The SMILES string of the molecule is Cc1nnc(SC2CCCC(C#N)(NC(C)C)C2)s1. The zero-order valence-electron chi connectivity index (χ0n) is 11.6. The Morgan fingerprint density at radius 3 is 2.89 bits per heavy atom. The lowest BCUT2D eigenvalue weighted by molar-refractivity contribution is 0.284. The van der Waals surface area contributed by atoms with Crippen molar-refractivity contribution in [3.8, 4) is 6.07 Å². The molecule has 1 heterocycles. The summed E-state index contributed by atoms with van der Waals surface area (Å²) in [6, 6.07) is 2.85. The van der Waals surface area contributed by atoms with Crippen molar-refractivity contribution in [2.45, 2.75) is 67.6 Å².